The minimum Gasteiger partial charge on any atom is -0.508 e. The van der Waals surface area contributed by atoms with Gasteiger partial charge in [0.25, 0.3) is 0 Å². The van der Waals surface area contributed by atoms with E-state index >= 15 is 0 Å². The lowest BCUT2D eigenvalue weighted by molar-refractivity contribution is -0.137. The maximum Gasteiger partial charge on any atom is 0.416 e. The Morgan fingerprint density at radius 1 is 1.02 bits per heavy atom. The van der Waals surface area contributed by atoms with Crippen LogP contribution in [0.3, 0.4) is 0 Å². The van der Waals surface area contributed by atoms with Crippen LogP contribution in [0.5, 0.6) is 5.75 Å². The van der Waals surface area contributed by atoms with Crippen molar-refractivity contribution in [3.05, 3.63) is 89.6 Å². The summed E-state index contributed by atoms with van der Waals surface area (Å²) in [4.78, 5) is 17.9. The Kier molecular flexibility index (Phi) is 10.6. The predicted octanol–water partition coefficient (Wildman–Crippen LogP) is 7.64. The van der Waals surface area contributed by atoms with Crippen LogP contribution in [-0.4, -0.2) is 43.8 Å². The van der Waals surface area contributed by atoms with E-state index in [2.05, 4.69) is 9.71 Å². The highest BCUT2D eigenvalue weighted by Gasteiger charge is 2.30. The highest BCUT2D eigenvalue weighted by molar-refractivity contribution is 7.92. The summed E-state index contributed by atoms with van der Waals surface area (Å²) in [5.74, 6) is -0.233. The third-order valence-corrected chi connectivity index (χ3v) is 8.65. The number of phenols is 1. The number of hydrogen-bond acceptors (Lipinski definition) is 6. The smallest absolute Gasteiger partial charge is 0.416 e. The Balaban J connectivity index is 1.66. The fourth-order valence-electron chi connectivity index (χ4n) is 4.97. The summed E-state index contributed by atoms with van der Waals surface area (Å²) >= 11 is 0. The second-order valence-corrected chi connectivity index (χ2v) is 12.6. The number of sulfonamides is 1. The van der Waals surface area contributed by atoms with E-state index in [9.17, 15) is 31.5 Å². The fourth-order valence-corrected chi connectivity index (χ4v) is 6.24. The van der Waals surface area contributed by atoms with Gasteiger partial charge in [0.2, 0.25) is 10.0 Å². The maximum atomic E-state index is 13.4. The number of hydrogen-bond donors (Lipinski definition) is 2. The molecule has 3 aromatic carbocycles. The van der Waals surface area contributed by atoms with Gasteiger partial charge in [-0.3, -0.25) is 9.52 Å². The van der Waals surface area contributed by atoms with Gasteiger partial charge in [0.05, 0.1) is 22.5 Å². The molecule has 0 saturated carbocycles. The first-order chi connectivity index (χ1) is 20.9. The molecule has 1 atom stereocenters. The van der Waals surface area contributed by atoms with Crippen molar-refractivity contribution < 1.29 is 36.2 Å². The van der Waals surface area contributed by atoms with E-state index in [0.29, 0.717) is 54.3 Å². The number of alkyl halides is 3. The number of carbonyl (C=O) groups excluding carboxylic acids is 1. The summed E-state index contributed by atoms with van der Waals surface area (Å²) in [6, 6.07) is 17.9. The molecule has 0 radical (unpaired) electrons. The van der Waals surface area contributed by atoms with E-state index in [1.807, 2.05) is 19.1 Å². The van der Waals surface area contributed by atoms with E-state index in [1.165, 1.54) is 12.1 Å². The lowest BCUT2D eigenvalue weighted by Gasteiger charge is -2.17. The zero-order valence-corrected chi connectivity index (χ0v) is 25.3. The number of benzene rings is 3. The number of fused-ring (bicyclic) bond motifs is 1. The van der Waals surface area contributed by atoms with E-state index < -0.39 is 21.8 Å². The molecule has 1 heterocycles. The number of ketones is 1. The van der Waals surface area contributed by atoms with Crippen molar-refractivity contribution in [2.24, 2.45) is 5.92 Å². The number of anilines is 1. The second kappa shape index (κ2) is 14.2. The summed E-state index contributed by atoms with van der Waals surface area (Å²) in [5, 5.41) is 9.92. The second-order valence-electron chi connectivity index (χ2n) is 10.8. The number of methoxy groups -OCH3 is 1. The van der Waals surface area contributed by atoms with Gasteiger partial charge in [-0.2, -0.15) is 13.2 Å². The Morgan fingerprint density at radius 3 is 2.43 bits per heavy atom. The molecule has 4 aromatic rings. The van der Waals surface area contributed by atoms with Crippen LogP contribution in [0.1, 0.15) is 54.2 Å². The standard InChI is InChI=1S/C33H35F3N2O5S/c1-3-4-16-44(41,42)38-30-20-31(32(40)15-10-23(21-43-2)17-22-8-12-27(39)13-9-22)37-29-14-11-25(19-28(29)30)24-6-5-7-26(18-24)33(34,35)36/h5-9,11-14,18-20,23,39H,3-4,10,15-17,21H2,1-2H3,(H,37,38)/t23-/m0/s1. The SMILES string of the molecule is CCCCS(=O)(=O)Nc1cc(C(=O)CC[C@H](COC)Cc2ccc(O)cc2)nc2ccc(-c3cccc(C(F)(F)F)c3)cc12. The average molecular weight is 629 g/mol. The molecule has 7 nitrogen and oxygen atoms in total. The summed E-state index contributed by atoms with van der Waals surface area (Å²) in [7, 11) is -2.19. The number of rotatable bonds is 14. The predicted molar refractivity (Wildman–Crippen MR) is 165 cm³/mol. The number of nitrogens with one attached hydrogen (secondary N) is 1. The molecule has 0 fully saturated rings. The van der Waals surface area contributed by atoms with Crippen LogP contribution in [0.4, 0.5) is 18.9 Å². The highest BCUT2D eigenvalue weighted by atomic mass is 32.2. The third-order valence-electron chi connectivity index (χ3n) is 7.29. The molecule has 0 amide bonds. The van der Waals surface area contributed by atoms with Crippen LogP contribution in [-0.2, 0) is 27.4 Å². The van der Waals surface area contributed by atoms with Gasteiger partial charge in [-0.25, -0.2) is 13.4 Å². The molecule has 0 bridgehead atoms. The number of aromatic hydroxyl groups is 1. The molecule has 0 aliphatic rings. The number of halogens is 3. The number of phenolic OH excluding ortho intramolecular Hbond substituents is 1. The molecule has 0 saturated heterocycles. The van der Waals surface area contributed by atoms with Crippen LogP contribution in [0.15, 0.2) is 72.8 Å². The minimum atomic E-state index is -4.52. The van der Waals surface area contributed by atoms with Crippen LogP contribution in [0, 0.1) is 5.92 Å². The Labute approximate surface area is 255 Å². The van der Waals surface area contributed by atoms with Crippen molar-refractivity contribution in [3.63, 3.8) is 0 Å². The molecule has 11 heteroatoms. The summed E-state index contributed by atoms with van der Waals surface area (Å²) < 4.78 is 73.8. The number of Topliss-reactive ketones (excluding diaryl/α,β-unsaturated/α-hetero) is 1. The summed E-state index contributed by atoms with van der Waals surface area (Å²) in [6.07, 6.45) is -2.17. The zero-order chi connectivity index (χ0) is 31.9. The number of nitrogens with zero attached hydrogens (tertiary/aromatic N) is 1. The average Bonchev–Trinajstić information content (AvgIpc) is 2.99. The molecule has 1 aromatic heterocycles. The topological polar surface area (TPSA) is 106 Å². The van der Waals surface area contributed by atoms with Crippen molar-refractivity contribution in [2.75, 3.05) is 24.2 Å². The number of pyridine rings is 1. The maximum absolute atomic E-state index is 13.4. The van der Waals surface area contributed by atoms with Gasteiger partial charge in [0.15, 0.2) is 5.78 Å². The monoisotopic (exact) mass is 628 g/mol. The molecule has 44 heavy (non-hydrogen) atoms. The van der Waals surface area contributed by atoms with Crippen molar-refractivity contribution in [3.8, 4) is 16.9 Å². The molecule has 4 rings (SSSR count). The minimum absolute atomic E-state index is 0.0102. The van der Waals surface area contributed by atoms with Crippen LogP contribution in [0.25, 0.3) is 22.0 Å². The van der Waals surface area contributed by atoms with Gasteiger partial charge in [-0.05, 0) is 84.3 Å². The van der Waals surface area contributed by atoms with Gasteiger partial charge >= 0.3 is 6.18 Å². The summed E-state index contributed by atoms with van der Waals surface area (Å²) in [5.41, 5.74) is 1.49. The lowest BCUT2D eigenvalue weighted by Crippen LogP contribution is -2.18. The largest absolute Gasteiger partial charge is 0.508 e. The number of carbonyl (C=O) groups is 1. The molecule has 0 spiro atoms. The summed E-state index contributed by atoms with van der Waals surface area (Å²) in [6.45, 7) is 2.29. The van der Waals surface area contributed by atoms with Crippen molar-refractivity contribution >= 4 is 32.4 Å². The fraction of sp³-hybridized carbons (Fsp3) is 0.333. The number of unbranched alkanes of at least 4 members (excludes halogenated alkanes) is 1. The lowest BCUT2D eigenvalue weighted by atomic mass is 9.93. The third kappa shape index (κ3) is 8.79. The molecule has 0 aliphatic heterocycles. The highest BCUT2D eigenvalue weighted by Crippen LogP contribution is 2.34. The van der Waals surface area contributed by atoms with Crippen LogP contribution < -0.4 is 4.72 Å². The van der Waals surface area contributed by atoms with Crippen molar-refractivity contribution in [2.45, 2.75) is 45.2 Å². The van der Waals surface area contributed by atoms with Gasteiger partial charge in [0.1, 0.15) is 11.4 Å². The molecular weight excluding hydrogens is 593 g/mol. The first kappa shape index (κ1) is 32.9. The van der Waals surface area contributed by atoms with Gasteiger partial charge in [0, 0.05) is 25.5 Å². The van der Waals surface area contributed by atoms with E-state index in [0.717, 1.165) is 17.7 Å². The molecule has 2 N–H and O–H groups in total. The quantitative estimate of drug-likeness (QED) is 0.139. The molecule has 234 valence electrons. The van der Waals surface area contributed by atoms with Gasteiger partial charge in [-0.1, -0.05) is 43.7 Å². The van der Waals surface area contributed by atoms with Crippen molar-refractivity contribution in [1.29, 1.82) is 0 Å². The zero-order valence-electron chi connectivity index (χ0n) is 24.5. The normalized spacial score (nSPS) is 12.8. The molecule has 0 unspecified atom stereocenters. The first-order valence-electron chi connectivity index (χ1n) is 14.3. The molecule has 0 aliphatic carbocycles. The van der Waals surface area contributed by atoms with Crippen LogP contribution >= 0.6 is 0 Å². The van der Waals surface area contributed by atoms with Crippen LogP contribution in [0.2, 0.25) is 0 Å². The Bertz CT molecular complexity index is 1710. The number of aromatic nitrogens is 1. The number of ether oxygens (including phenoxy) is 1. The van der Waals surface area contributed by atoms with Gasteiger partial charge < -0.3 is 9.84 Å². The van der Waals surface area contributed by atoms with E-state index in [1.54, 1.807) is 43.5 Å². The molecular formula is C33H35F3N2O5S. The first-order valence-corrected chi connectivity index (χ1v) is 16.0. The van der Waals surface area contributed by atoms with Gasteiger partial charge in [-0.15, -0.1) is 0 Å². The Hall–Kier alpha value is -3.96. The van der Waals surface area contributed by atoms with Crippen molar-refractivity contribution in [1.82, 2.24) is 4.98 Å². The van der Waals surface area contributed by atoms with E-state index in [-0.39, 0.29) is 41.0 Å². The van der Waals surface area contributed by atoms with E-state index in [4.69, 9.17) is 4.74 Å². The Morgan fingerprint density at radius 2 is 1.75 bits per heavy atom.